The Balaban J connectivity index is 1.73. The van der Waals surface area contributed by atoms with Crippen LogP contribution in [-0.4, -0.2) is 30.1 Å². The van der Waals surface area contributed by atoms with Crippen molar-refractivity contribution in [2.75, 3.05) is 14.2 Å². The number of carbonyl (C=O) groups is 1. The standard InChI is InChI=1S/C27H29N3O3/c1-4-19-9-5-10-20-23(17-30-26(19)20)22(21-11-6-12-24(32-2)27(21)33-3)14-25(31)29-16-18-8-7-13-28-15-18/h5-13,15,17,22,30H,4,14,16H2,1-3H3,(H,29,31). The largest absolute Gasteiger partial charge is 0.493 e. The lowest BCUT2D eigenvalue weighted by Gasteiger charge is -2.21. The fraction of sp³-hybridized carbons (Fsp3) is 0.259. The van der Waals surface area contributed by atoms with Crippen molar-refractivity contribution in [3.05, 3.63) is 89.4 Å². The molecule has 2 heterocycles. The number of nitrogens with zero attached hydrogens (tertiary/aromatic N) is 1. The van der Waals surface area contributed by atoms with Gasteiger partial charge in [0, 0.05) is 53.9 Å². The van der Waals surface area contributed by atoms with Crippen LogP contribution in [-0.2, 0) is 17.8 Å². The summed E-state index contributed by atoms with van der Waals surface area (Å²) in [6.45, 7) is 2.58. The molecule has 0 spiro atoms. The third kappa shape index (κ3) is 4.70. The lowest BCUT2D eigenvalue weighted by atomic mass is 9.86. The number of benzene rings is 2. The topological polar surface area (TPSA) is 76.2 Å². The Bertz CT molecular complexity index is 1230. The first kappa shape index (κ1) is 22.4. The Morgan fingerprint density at radius 3 is 2.64 bits per heavy atom. The second-order valence-electron chi connectivity index (χ2n) is 7.91. The van der Waals surface area contributed by atoms with Crippen molar-refractivity contribution in [2.45, 2.75) is 32.2 Å². The van der Waals surface area contributed by atoms with Crippen molar-refractivity contribution >= 4 is 16.8 Å². The molecule has 6 nitrogen and oxygen atoms in total. The van der Waals surface area contributed by atoms with Crippen molar-refractivity contribution < 1.29 is 14.3 Å². The van der Waals surface area contributed by atoms with Crippen molar-refractivity contribution in [2.24, 2.45) is 0 Å². The minimum atomic E-state index is -0.218. The van der Waals surface area contributed by atoms with E-state index in [9.17, 15) is 4.79 Å². The van der Waals surface area contributed by atoms with Crippen LogP contribution in [0.1, 0.15) is 41.5 Å². The number of pyridine rings is 1. The summed E-state index contributed by atoms with van der Waals surface area (Å²) in [5.41, 5.74) is 5.29. The minimum absolute atomic E-state index is 0.0466. The van der Waals surface area contributed by atoms with Crippen molar-refractivity contribution in [3.63, 3.8) is 0 Å². The summed E-state index contributed by atoms with van der Waals surface area (Å²) in [6, 6.07) is 15.9. The number of H-pyrrole nitrogens is 1. The Labute approximate surface area is 194 Å². The van der Waals surface area contributed by atoms with E-state index in [-0.39, 0.29) is 18.2 Å². The molecule has 33 heavy (non-hydrogen) atoms. The van der Waals surface area contributed by atoms with Crippen LogP contribution >= 0.6 is 0 Å². The molecule has 1 unspecified atom stereocenters. The quantitative estimate of drug-likeness (QED) is 0.382. The number of carbonyl (C=O) groups excluding carboxylic acids is 1. The van der Waals surface area contributed by atoms with Crippen LogP contribution in [0.5, 0.6) is 11.5 Å². The average molecular weight is 444 g/mol. The highest BCUT2D eigenvalue weighted by Gasteiger charge is 2.26. The van der Waals surface area contributed by atoms with Gasteiger partial charge in [-0.1, -0.05) is 43.3 Å². The van der Waals surface area contributed by atoms with Crippen LogP contribution in [0.25, 0.3) is 10.9 Å². The number of rotatable bonds is 9. The predicted molar refractivity (Wildman–Crippen MR) is 130 cm³/mol. The van der Waals surface area contributed by atoms with Crippen molar-refractivity contribution in [1.82, 2.24) is 15.3 Å². The van der Waals surface area contributed by atoms with E-state index in [4.69, 9.17) is 9.47 Å². The zero-order chi connectivity index (χ0) is 23.2. The van der Waals surface area contributed by atoms with Gasteiger partial charge in [0.25, 0.3) is 0 Å². The number of amides is 1. The molecule has 0 aliphatic rings. The van der Waals surface area contributed by atoms with E-state index in [1.165, 1.54) is 5.56 Å². The van der Waals surface area contributed by atoms with Gasteiger partial charge in [0.05, 0.1) is 14.2 Å². The average Bonchev–Trinajstić information content (AvgIpc) is 3.30. The highest BCUT2D eigenvalue weighted by molar-refractivity contribution is 5.88. The van der Waals surface area contributed by atoms with Gasteiger partial charge < -0.3 is 19.8 Å². The molecular formula is C27H29N3O3. The fourth-order valence-electron chi connectivity index (χ4n) is 4.36. The van der Waals surface area contributed by atoms with E-state index in [1.54, 1.807) is 26.6 Å². The monoisotopic (exact) mass is 443 g/mol. The number of ether oxygens (including phenoxy) is 2. The third-order valence-corrected chi connectivity index (χ3v) is 6.00. The number of fused-ring (bicyclic) bond motifs is 1. The number of para-hydroxylation sites is 2. The normalized spacial score (nSPS) is 11.8. The first-order valence-electron chi connectivity index (χ1n) is 11.1. The molecule has 0 aliphatic carbocycles. The Morgan fingerprint density at radius 1 is 1.06 bits per heavy atom. The zero-order valence-corrected chi connectivity index (χ0v) is 19.2. The lowest BCUT2D eigenvalue weighted by Crippen LogP contribution is -2.25. The minimum Gasteiger partial charge on any atom is -0.493 e. The highest BCUT2D eigenvalue weighted by atomic mass is 16.5. The number of hydrogen-bond donors (Lipinski definition) is 2. The predicted octanol–water partition coefficient (Wildman–Crippen LogP) is 4.98. The van der Waals surface area contributed by atoms with E-state index in [0.29, 0.717) is 18.0 Å². The summed E-state index contributed by atoms with van der Waals surface area (Å²) in [5.74, 6) is 1.02. The molecule has 0 saturated heterocycles. The first-order chi connectivity index (χ1) is 16.2. The maximum atomic E-state index is 13.1. The number of aromatic nitrogens is 2. The molecule has 0 fully saturated rings. The van der Waals surface area contributed by atoms with Crippen LogP contribution < -0.4 is 14.8 Å². The van der Waals surface area contributed by atoms with E-state index < -0.39 is 0 Å². The molecule has 4 aromatic rings. The van der Waals surface area contributed by atoms with Crippen LogP contribution in [0.2, 0.25) is 0 Å². The van der Waals surface area contributed by atoms with Crippen LogP contribution in [0, 0.1) is 0 Å². The summed E-state index contributed by atoms with van der Waals surface area (Å²) < 4.78 is 11.3. The molecule has 0 aliphatic heterocycles. The van der Waals surface area contributed by atoms with Gasteiger partial charge in [-0.15, -0.1) is 0 Å². The number of methoxy groups -OCH3 is 2. The van der Waals surface area contributed by atoms with E-state index in [0.717, 1.165) is 34.0 Å². The van der Waals surface area contributed by atoms with Gasteiger partial charge >= 0.3 is 0 Å². The number of hydrogen-bond acceptors (Lipinski definition) is 4. The van der Waals surface area contributed by atoms with Gasteiger partial charge in [0.15, 0.2) is 11.5 Å². The van der Waals surface area contributed by atoms with Gasteiger partial charge in [-0.2, -0.15) is 0 Å². The zero-order valence-electron chi connectivity index (χ0n) is 19.2. The summed E-state index contributed by atoms with van der Waals surface area (Å²) in [7, 11) is 3.25. The Kier molecular flexibility index (Phi) is 6.93. The van der Waals surface area contributed by atoms with Crippen LogP contribution in [0.15, 0.2) is 67.1 Å². The molecule has 1 amide bonds. The molecular weight excluding hydrogens is 414 g/mol. The number of nitrogens with one attached hydrogen (secondary N) is 2. The molecule has 170 valence electrons. The summed E-state index contributed by atoms with van der Waals surface area (Å²) in [6.07, 6.45) is 6.69. The summed E-state index contributed by atoms with van der Waals surface area (Å²) in [5, 5.41) is 4.15. The number of aryl methyl sites for hydroxylation is 1. The van der Waals surface area contributed by atoms with Crippen molar-refractivity contribution in [3.8, 4) is 11.5 Å². The van der Waals surface area contributed by atoms with Gasteiger partial charge in [-0.25, -0.2) is 0 Å². The maximum absolute atomic E-state index is 13.1. The highest BCUT2D eigenvalue weighted by Crippen LogP contribution is 2.42. The maximum Gasteiger partial charge on any atom is 0.221 e. The van der Waals surface area contributed by atoms with Gasteiger partial charge in [0.1, 0.15) is 0 Å². The lowest BCUT2D eigenvalue weighted by molar-refractivity contribution is -0.121. The second-order valence-corrected chi connectivity index (χ2v) is 7.91. The first-order valence-corrected chi connectivity index (χ1v) is 11.1. The van der Waals surface area contributed by atoms with E-state index >= 15 is 0 Å². The van der Waals surface area contributed by atoms with Gasteiger partial charge in [-0.05, 0) is 35.2 Å². The van der Waals surface area contributed by atoms with Crippen molar-refractivity contribution in [1.29, 1.82) is 0 Å². The molecule has 0 saturated carbocycles. The molecule has 0 radical (unpaired) electrons. The van der Waals surface area contributed by atoms with Gasteiger partial charge in [0.2, 0.25) is 5.91 Å². The van der Waals surface area contributed by atoms with E-state index in [1.807, 2.05) is 36.5 Å². The molecule has 0 bridgehead atoms. The Hall–Kier alpha value is -3.80. The fourth-order valence-corrected chi connectivity index (χ4v) is 4.36. The smallest absolute Gasteiger partial charge is 0.221 e. The van der Waals surface area contributed by atoms with E-state index in [2.05, 4.69) is 40.4 Å². The SMILES string of the molecule is CCc1cccc2c(C(CC(=O)NCc3cccnc3)c3cccc(OC)c3OC)c[nH]c12. The number of aromatic amines is 1. The second kappa shape index (κ2) is 10.2. The molecule has 2 N–H and O–H groups in total. The third-order valence-electron chi connectivity index (χ3n) is 6.00. The van der Waals surface area contributed by atoms with Crippen LogP contribution in [0.3, 0.4) is 0 Å². The van der Waals surface area contributed by atoms with Crippen LogP contribution in [0.4, 0.5) is 0 Å². The Morgan fingerprint density at radius 2 is 1.91 bits per heavy atom. The summed E-state index contributed by atoms with van der Waals surface area (Å²) in [4.78, 5) is 20.7. The van der Waals surface area contributed by atoms with Gasteiger partial charge in [-0.3, -0.25) is 9.78 Å². The summed E-state index contributed by atoms with van der Waals surface area (Å²) >= 11 is 0. The molecule has 2 aromatic carbocycles. The molecule has 6 heteroatoms. The molecule has 1 atom stereocenters. The molecule has 2 aromatic heterocycles. The molecule has 4 rings (SSSR count).